The highest BCUT2D eigenvalue weighted by molar-refractivity contribution is 7.10. The molecular weight excluding hydrogens is 284 g/mol. The van der Waals surface area contributed by atoms with E-state index in [1.165, 1.54) is 10.4 Å². The summed E-state index contributed by atoms with van der Waals surface area (Å²) in [4.78, 5) is 18.5. The number of hydrogen-bond donors (Lipinski definition) is 2. The van der Waals surface area contributed by atoms with Crippen molar-refractivity contribution in [2.45, 2.75) is 31.9 Å². The zero-order valence-corrected chi connectivity index (χ0v) is 12.5. The Morgan fingerprint density at radius 3 is 3.00 bits per heavy atom. The Labute approximate surface area is 128 Å². The van der Waals surface area contributed by atoms with Gasteiger partial charge in [-0.2, -0.15) is 0 Å². The Balaban J connectivity index is 1.47. The highest BCUT2D eigenvalue weighted by Crippen LogP contribution is 2.33. The number of amides is 2. The summed E-state index contributed by atoms with van der Waals surface area (Å²) in [6, 6.07) is 11.7. The van der Waals surface area contributed by atoms with Gasteiger partial charge in [0.2, 0.25) is 0 Å². The van der Waals surface area contributed by atoms with Crippen molar-refractivity contribution in [1.29, 1.82) is 0 Å². The molecule has 1 atom stereocenters. The third kappa shape index (κ3) is 3.62. The van der Waals surface area contributed by atoms with Crippen LogP contribution >= 0.6 is 11.3 Å². The SMILES string of the molecule is O=C(NOCc1ccccc1)NC1CCCc2sccc21. The Hall–Kier alpha value is -1.85. The molecule has 0 saturated heterocycles. The molecule has 2 N–H and O–H groups in total. The van der Waals surface area contributed by atoms with Crippen LogP contribution in [-0.2, 0) is 17.9 Å². The van der Waals surface area contributed by atoms with Gasteiger partial charge in [0.1, 0.15) is 0 Å². The molecule has 0 saturated carbocycles. The van der Waals surface area contributed by atoms with Gasteiger partial charge >= 0.3 is 6.03 Å². The van der Waals surface area contributed by atoms with E-state index in [0.29, 0.717) is 6.61 Å². The fraction of sp³-hybridized carbons (Fsp3) is 0.312. The average molecular weight is 302 g/mol. The van der Waals surface area contributed by atoms with Gasteiger partial charge in [0.15, 0.2) is 0 Å². The molecule has 1 unspecified atom stereocenters. The van der Waals surface area contributed by atoms with Gasteiger partial charge in [-0.05, 0) is 41.8 Å². The molecular formula is C16H18N2O2S. The van der Waals surface area contributed by atoms with E-state index in [9.17, 15) is 4.79 Å². The molecule has 2 amide bonds. The molecule has 1 aliphatic carbocycles. The maximum atomic E-state index is 11.9. The molecule has 0 fully saturated rings. The van der Waals surface area contributed by atoms with Gasteiger partial charge in [0.25, 0.3) is 0 Å². The van der Waals surface area contributed by atoms with Crippen LogP contribution in [0.1, 0.15) is 34.9 Å². The van der Waals surface area contributed by atoms with Crippen molar-refractivity contribution >= 4 is 17.4 Å². The van der Waals surface area contributed by atoms with Gasteiger partial charge in [-0.3, -0.25) is 4.84 Å². The summed E-state index contributed by atoms with van der Waals surface area (Å²) < 4.78 is 0. The molecule has 1 heterocycles. The monoisotopic (exact) mass is 302 g/mol. The second-order valence-electron chi connectivity index (χ2n) is 5.09. The van der Waals surface area contributed by atoms with Gasteiger partial charge in [-0.25, -0.2) is 10.3 Å². The summed E-state index contributed by atoms with van der Waals surface area (Å²) in [7, 11) is 0. The lowest BCUT2D eigenvalue weighted by Gasteiger charge is -2.23. The molecule has 2 aromatic rings. The topological polar surface area (TPSA) is 50.4 Å². The molecule has 0 spiro atoms. The predicted octanol–water partition coefficient (Wildman–Crippen LogP) is 3.56. The van der Waals surface area contributed by atoms with Crippen LogP contribution in [0.3, 0.4) is 0 Å². The number of benzene rings is 1. The van der Waals surface area contributed by atoms with Crippen LogP contribution in [0.25, 0.3) is 0 Å². The molecule has 4 nitrogen and oxygen atoms in total. The number of carbonyl (C=O) groups excluding carboxylic acids is 1. The van der Waals surface area contributed by atoms with Gasteiger partial charge in [-0.1, -0.05) is 30.3 Å². The number of fused-ring (bicyclic) bond motifs is 1. The fourth-order valence-electron chi connectivity index (χ4n) is 2.58. The van der Waals surface area contributed by atoms with E-state index >= 15 is 0 Å². The van der Waals surface area contributed by atoms with Crippen LogP contribution in [0, 0.1) is 0 Å². The number of aryl methyl sites for hydroxylation is 1. The Kier molecular flexibility index (Phi) is 4.52. The van der Waals surface area contributed by atoms with Crippen LogP contribution < -0.4 is 10.8 Å². The maximum Gasteiger partial charge on any atom is 0.339 e. The first-order valence-electron chi connectivity index (χ1n) is 7.11. The number of nitrogens with one attached hydrogen (secondary N) is 2. The molecule has 110 valence electrons. The highest BCUT2D eigenvalue weighted by Gasteiger charge is 2.22. The highest BCUT2D eigenvalue weighted by atomic mass is 32.1. The van der Waals surface area contributed by atoms with E-state index in [1.54, 1.807) is 11.3 Å². The average Bonchev–Trinajstić information content (AvgIpc) is 2.98. The number of urea groups is 1. The minimum Gasteiger partial charge on any atom is -0.330 e. The van der Waals surface area contributed by atoms with E-state index in [-0.39, 0.29) is 12.1 Å². The van der Waals surface area contributed by atoms with Crippen molar-refractivity contribution in [2.24, 2.45) is 0 Å². The molecule has 0 bridgehead atoms. The quantitative estimate of drug-likeness (QED) is 0.849. The zero-order chi connectivity index (χ0) is 14.5. The summed E-state index contributed by atoms with van der Waals surface area (Å²) in [6.07, 6.45) is 3.22. The standard InChI is InChI=1S/C16H18N2O2S/c19-16(18-20-11-12-5-2-1-3-6-12)17-14-7-4-8-15-13(14)9-10-21-15/h1-3,5-6,9-10,14H,4,7-8,11H2,(H2,17,18,19). The van der Waals surface area contributed by atoms with Crippen molar-refractivity contribution in [3.05, 3.63) is 57.8 Å². The molecule has 21 heavy (non-hydrogen) atoms. The van der Waals surface area contributed by atoms with Crippen molar-refractivity contribution in [3.63, 3.8) is 0 Å². The Morgan fingerprint density at radius 2 is 2.14 bits per heavy atom. The van der Waals surface area contributed by atoms with Crippen molar-refractivity contribution in [1.82, 2.24) is 10.8 Å². The van der Waals surface area contributed by atoms with Crippen molar-refractivity contribution in [2.75, 3.05) is 0 Å². The third-order valence-corrected chi connectivity index (χ3v) is 4.60. The summed E-state index contributed by atoms with van der Waals surface area (Å²) in [6.45, 7) is 0.364. The number of carbonyl (C=O) groups is 1. The molecule has 3 rings (SSSR count). The van der Waals surface area contributed by atoms with E-state index in [2.05, 4.69) is 22.2 Å². The Bertz CT molecular complexity index is 597. The van der Waals surface area contributed by atoms with E-state index in [4.69, 9.17) is 4.84 Å². The van der Waals surface area contributed by atoms with Gasteiger partial charge in [-0.15, -0.1) is 11.3 Å². The second kappa shape index (κ2) is 6.74. The van der Waals surface area contributed by atoms with Crippen LogP contribution in [0.2, 0.25) is 0 Å². The molecule has 0 aliphatic heterocycles. The second-order valence-corrected chi connectivity index (χ2v) is 6.09. The van der Waals surface area contributed by atoms with Gasteiger partial charge in [0, 0.05) is 4.88 Å². The van der Waals surface area contributed by atoms with Crippen LogP contribution in [-0.4, -0.2) is 6.03 Å². The lowest BCUT2D eigenvalue weighted by molar-refractivity contribution is 0.0479. The summed E-state index contributed by atoms with van der Waals surface area (Å²) in [5, 5.41) is 5.07. The summed E-state index contributed by atoms with van der Waals surface area (Å²) in [5.74, 6) is 0. The lowest BCUT2D eigenvalue weighted by atomic mass is 9.94. The summed E-state index contributed by atoms with van der Waals surface area (Å²) >= 11 is 1.77. The molecule has 1 aromatic carbocycles. The molecule has 0 radical (unpaired) electrons. The number of hydroxylamine groups is 1. The normalized spacial score (nSPS) is 17.0. The Morgan fingerprint density at radius 1 is 1.29 bits per heavy atom. The molecule has 1 aromatic heterocycles. The fourth-order valence-corrected chi connectivity index (χ4v) is 3.57. The zero-order valence-electron chi connectivity index (χ0n) is 11.7. The number of rotatable bonds is 4. The minimum atomic E-state index is -0.282. The minimum absolute atomic E-state index is 0.0975. The van der Waals surface area contributed by atoms with Crippen LogP contribution in [0.5, 0.6) is 0 Å². The number of thiophene rings is 1. The smallest absolute Gasteiger partial charge is 0.330 e. The number of hydrogen-bond acceptors (Lipinski definition) is 3. The molecule has 1 aliphatic rings. The van der Waals surface area contributed by atoms with Crippen molar-refractivity contribution in [3.8, 4) is 0 Å². The summed E-state index contributed by atoms with van der Waals surface area (Å²) in [5.41, 5.74) is 4.73. The molecule has 5 heteroatoms. The predicted molar refractivity (Wildman–Crippen MR) is 82.9 cm³/mol. The first-order chi connectivity index (χ1) is 10.3. The lowest BCUT2D eigenvalue weighted by Crippen LogP contribution is -2.38. The largest absolute Gasteiger partial charge is 0.339 e. The third-order valence-electron chi connectivity index (χ3n) is 3.60. The van der Waals surface area contributed by atoms with Crippen molar-refractivity contribution < 1.29 is 9.63 Å². The maximum absolute atomic E-state index is 11.9. The van der Waals surface area contributed by atoms with Crippen LogP contribution in [0.4, 0.5) is 4.79 Å². The van der Waals surface area contributed by atoms with E-state index in [0.717, 1.165) is 24.8 Å². The first kappa shape index (κ1) is 14.1. The van der Waals surface area contributed by atoms with Gasteiger partial charge < -0.3 is 5.32 Å². The van der Waals surface area contributed by atoms with E-state index in [1.807, 2.05) is 30.3 Å². The van der Waals surface area contributed by atoms with E-state index < -0.39 is 0 Å². The first-order valence-corrected chi connectivity index (χ1v) is 7.99. The van der Waals surface area contributed by atoms with Crippen LogP contribution in [0.15, 0.2) is 41.8 Å². The van der Waals surface area contributed by atoms with Gasteiger partial charge in [0.05, 0.1) is 12.6 Å².